The maximum Gasteiger partial charge on any atom is 0.145 e. The number of hydrogen-bond acceptors (Lipinski definition) is 5. The molecule has 3 rings (SSSR count). The monoisotopic (exact) mass is 338 g/mol. The van der Waals surface area contributed by atoms with Gasteiger partial charge in [0.15, 0.2) is 0 Å². The van der Waals surface area contributed by atoms with Crippen molar-refractivity contribution in [2.75, 3.05) is 7.05 Å². The molecule has 3 aromatic heterocycles. The Labute approximate surface area is 144 Å². The fourth-order valence-corrected chi connectivity index (χ4v) is 3.72. The number of nitrogens with one attached hydrogen (secondary N) is 2. The number of fused-ring (bicyclic) bond motifs is 1. The molecule has 3 aromatic rings. The first-order chi connectivity index (χ1) is 11.7. The van der Waals surface area contributed by atoms with Crippen molar-refractivity contribution in [3.63, 3.8) is 0 Å². The van der Waals surface area contributed by atoms with Gasteiger partial charge in [-0.1, -0.05) is 12.1 Å². The Bertz CT molecular complexity index is 947. The maximum absolute atomic E-state index is 7.28. The maximum atomic E-state index is 7.28. The minimum atomic E-state index is 0.635. The highest BCUT2D eigenvalue weighted by molar-refractivity contribution is 7.17. The second-order valence-electron chi connectivity index (χ2n) is 5.09. The van der Waals surface area contributed by atoms with Crippen LogP contribution < -0.4 is 5.32 Å². The number of aliphatic imine (C=N–C) groups is 1. The minimum Gasteiger partial charge on any atom is -0.331 e. The summed E-state index contributed by atoms with van der Waals surface area (Å²) in [6, 6.07) is 5.99. The summed E-state index contributed by atoms with van der Waals surface area (Å²) in [5.41, 5.74) is 3.82. The molecule has 7 heteroatoms. The predicted molar refractivity (Wildman–Crippen MR) is 100 cm³/mol. The van der Waals surface area contributed by atoms with Gasteiger partial charge in [0, 0.05) is 13.2 Å². The molecule has 0 aromatic carbocycles. The first-order valence-electron chi connectivity index (χ1n) is 7.50. The number of hydrogen-bond donors (Lipinski definition) is 2. The van der Waals surface area contributed by atoms with Crippen LogP contribution in [0.15, 0.2) is 35.5 Å². The van der Waals surface area contributed by atoms with E-state index in [-0.39, 0.29) is 0 Å². The van der Waals surface area contributed by atoms with Crippen LogP contribution >= 0.6 is 11.3 Å². The van der Waals surface area contributed by atoms with Crippen molar-refractivity contribution in [2.24, 2.45) is 4.99 Å². The third-order valence-electron chi connectivity index (χ3n) is 3.55. The van der Waals surface area contributed by atoms with E-state index in [0.29, 0.717) is 5.84 Å². The Morgan fingerprint density at radius 1 is 1.42 bits per heavy atom. The van der Waals surface area contributed by atoms with Crippen LogP contribution in [0.3, 0.4) is 0 Å². The summed E-state index contributed by atoms with van der Waals surface area (Å²) in [6.45, 7) is 3.94. The van der Waals surface area contributed by atoms with Crippen molar-refractivity contribution in [3.8, 4) is 10.6 Å². The summed E-state index contributed by atoms with van der Waals surface area (Å²) >= 11 is 1.55. The van der Waals surface area contributed by atoms with Crippen LogP contribution in [0, 0.1) is 12.3 Å². The number of thiazole rings is 1. The molecule has 0 fully saturated rings. The highest BCUT2D eigenvalue weighted by atomic mass is 32.1. The van der Waals surface area contributed by atoms with Crippen LogP contribution in [0.2, 0.25) is 0 Å². The molecule has 0 unspecified atom stereocenters. The highest BCUT2D eigenvalue weighted by Gasteiger charge is 2.19. The second kappa shape index (κ2) is 6.76. The van der Waals surface area contributed by atoms with Gasteiger partial charge in [-0.15, -0.1) is 11.3 Å². The van der Waals surface area contributed by atoms with E-state index in [1.165, 1.54) is 0 Å². The zero-order valence-electron chi connectivity index (χ0n) is 13.7. The van der Waals surface area contributed by atoms with Crippen molar-refractivity contribution < 1.29 is 0 Å². The van der Waals surface area contributed by atoms with Crippen LogP contribution in [-0.2, 0) is 0 Å². The zero-order valence-corrected chi connectivity index (χ0v) is 14.6. The summed E-state index contributed by atoms with van der Waals surface area (Å²) in [6.07, 6.45) is 6.96. The first kappa shape index (κ1) is 16.1. The summed E-state index contributed by atoms with van der Waals surface area (Å²) in [5, 5.41) is 15.6. The number of allylic oxidation sites excluding steroid dienone is 1. The van der Waals surface area contributed by atoms with Crippen molar-refractivity contribution in [3.05, 3.63) is 46.7 Å². The SMILES string of the molecule is C/C=C/c1nc(-c2c(C)nn3ccccc23)sc1/C(=N/C)NC=N. The van der Waals surface area contributed by atoms with Gasteiger partial charge < -0.3 is 5.32 Å². The van der Waals surface area contributed by atoms with Crippen LogP contribution in [-0.4, -0.2) is 33.8 Å². The van der Waals surface area contributed by atoms with Crippen molar-refractivity contribution in [1.82, 2.24) is 19.9 Å². The van der Waals surface area contributed by atoms with E-state index in [9.17, 15) is 0 Å². The molecule has 0 amide bonds. The lowest BCUT2D eigenvalue weighted by Gasteiger charge is -2.01. The third kappa shape index (κ3) is 2.74. The van der Waals surface area contributed by atoms with E-state index < -0.39 is 0 Å². The van der Waals surface area contributed by atoms with Gasteiger partial charge in [-0.2, -0.15) is 5.10 Å². The second-order valence-corrected chi connectivity index (χ2v) is 6.08. The largest absolute Gasteiger partial charge is 0.331 e. The van der Waals surface area contributed by atoms with Crippen LogP contribution in [0.5, 0.6) is 0 Å². The van der Waals surface area contributed by atoms with Gasteiger partial charge in [0.1, 0.15) is 10.8 Å². The molecule has 0 spiro atoms. The molecular weight excluding hydrogens is 320 g/mol. The summed E-state index contributed by atoms with van der Waals surface area (Å²) in [4.78, 5) is 9.93. The Morgan fingerprint density at radius 3 is 2.96 bits per heavy atom. The highest BCUT2D eigenvalue weighted by Crippen LogP contribution is 2.34. The fourth-order valence-electron chi connectivity index (χ4n) is 2.56. The van der Waals surface area contributed by atoms with Crippen molar-refractivity contribution in [2.45, 2.75) is 13.8 Å². The number of rotatable bonds is 4. The van der Waals surface area contributed by atoms with Gasteiger partial charge in [0.25, 0.3) is 0 Å². The molecule has 0 radical (unpaired) electrons. The smallest absolute Gasteiger partial charge is 0.145 e. The van der Waals surface area contributed by atoms with Crippen molar-refractivity contribution in [1.29, 1.82) is 5.41 Å². The molecule has 0 bridgehead atoms. The average molecular weight is 338 g/mol. The molecule has 0 saturated heterocycles. The van der Waals surface area contributed by atoms with Gasteiger partial charge >= 0.3 is 0 Å². The molecule has 0 aliphatic rings. The van der Waals surface area contributed by atoms with E-state index in [1.54, 1.807) is 18.4 Å². The number of nitrogens with zero attached hydrogens (tertiary/aromatic N) is 4. The fraction of sp³-hybridized carbons (Fsp3) is 0.176. The average Bonchev–Trinajstić information content (AvgIpc) is 3.12. The molecule has 0 aliphatic heterocycles. The predicted octanol–water partition coefficient (Wildman–Crippen LogP) is 3.37. The molecule has 122 valence electrons. The lowest BCUT2D eigenvalue weighted by Crippen LogP contribution is -2.21. The number of aryl methyl sites for hydroxylation is 1. The number of amidine groups is 1. The lowest BCUT2D eigenvalue weighted by molar-refractivity contribution is 0.934. The van der Waals surface area contributed by atoms with E-state index >= 15 is 0 Å². The molecular formula is C17H18N6S. The molecule has 0 aliphatic carbocycles. The molecule has 3 heterocycles. The van der Waals surface area contributed by atoms with E-state index in [4.69, 9.17) is 10.4 Å². The lowest BCUT2D eigenvalue weighted by atomic mass is 10.2. The standard InChI is InChI=1S/C17H18N6S/c1-4-7-12-15(16(19-3)20-10-18)24-17(21-12)14-11(2)22-23-9-6-5-8-13(14)23/h4-10H,1-3H3,(H2,18,19,20)/b7-4+. The Balaban J connectivity index is 2.22. The van der Waals surface area contributed by atoms with Gasteiger partial charge in [-0.05, 0) is 32.1 Å². The van der Waals surface area contributed by atoms with Crippen molar-refractivity contribution >= 4 is 35.1 Å². The molecule has 0 saturated carbocycles. The normalized spacial score (nSPS) is 12.2. The molecule has 24 heavy (non-hydrogen) atoms. The Hall–Kier alpha value is -2.80. The van der Waals surface area contributed by atoms with Crippen LogP contribution in [0.25, 0.3) is 22.2 Å². The van der Waals surface area contributed by atoms with Gasteiger partial charge in [-0.3, -0.25) is 10.4 Å². The van der Waals surface area contributed by atoms with Gasteiger partial charge in [0.05, 0.1) is 33.7 Å². The van der Waals surface area contributed by atoms with E-state index in [2.05, 4.69) is 15.4 Å². The Kier molecular flexibility index (Phi) is 4.52. The summed E-state index contributed by atoms with van der Waals surface area (Å²) < 4.78 is 1.87. The zero-order chi connectivity index (χ0) is 17.1. The minimum absolute atomic E-state index is 0.635. The van der Waals surface area contributed by atoms with Gasteiger partial charge in [0.2, 0.25) is 0 Å². The van der Waals surface area contributed by atoms with E-state index in [1.807, 2.05) is 54.9 Å². The van der Waals surface area contributed by atoms with Crippen LogP contribution in [0.4, 0.5) is 0 Å². The number of aromatic nitrogens is 3. The quantitative estimate of drug-likeness (QED) is 0.565. The van der Waals surface area contributed by atoms with E-state index in [0.717, 1.165) is 38.7 Å². The topological polar surface area (TPSA) is 78.4 Å². The molecule has 6 nitrogen and oxygen atoms in total. The summed E-state index contributed by atoms with van der Waals surface area (Å²) in [5.74, 6) is 0.635. The summed E-state index contributed by atoms with van der Waals surface area (Å²) in [7, 11) is 1.70. The Morgan fingerprint density at radius 2 is 2.25 bits per heavy atom. The molecule has 0 atom stereocenters. The molecule has 2 N–H and O–H groups in total. The number of pyridine rings is 1. The van der Waals surface area contributed by atoms with Crippen LogP contribution in [0.1, 0.15) is 23.2 Å². The van der Waals surface area contributed by atoms with Gasteiger partial charge in [-0.25, -0.2) is 9.50 Å². The third-order valence-corrected chi connectivity index (χ3v) is 4.65. The first-order valence-corrected chi connectivity index (χ1v) is 8.31.